The monoisotopic (exact) mass is 466 g/mol. The van der Waals surface area contributed by atoms with Gasteiger partial charge < -0.3 is 14.4 Å². The minimum Gasteiger partial charge on any atom is -0.492 e. The summed E-state index contributed by atoms with van der Waals surface area (Å²) < 4.78 is 12.8. The normalized spacial score (nSPS) is 14.9. The molecule has 0 spiro atoms. The lowest BCUT2D eigenvalue weighted by molar-refractivity contribution is 0.122. The number of hydrogen-bond acceptors (Lipinski definition) is 4. The molecule has 0 radical (unpaired) electrons. The van der Waals surface area contributed by atoms with Gasteiger partial charge in [0.2, 0.25) is 0 Å². The summed E-state index contributed by atoms with van der Waals surface area (Å²) >= 11 is 7.09. The van der Waals surface area contributed by atoms with Crippen molar-refractivity contribution in [2.75, 3.05) is 37.8 Å². The average Bonchev–Trinajstić information content (AvgIpc) is 2.64. The molecule has 0 amide bonds. The molecule has 2 aromatic rings. The highest BCUT2D eigenvalue weighted by atomic mass is 79.9. The van der Waals surface area contributed by atoms with Crippen LogP contribution in [0.4, 0.5) is 11.4 Å². The minimum atomic E-state index is 0.625. The van der Waals surface area contributed by atoms with Crippen molar-refractivity contribution >= 4 is 49.4 Å². The highest BCUT2D eigenvalue weighted by molar-refractivity contribution is 9.11. The molecule has 1 saturated heterocycles. The molecule has 0 saturated carbocycles. The zero-order valence-electron chi connectivity index (χ0n) is 14.0. The fraction of sp³-hybridized carbons (Fsp3) is 0.316. The van der Waals surface area contributed by atoms with Gasteiger partial charge in [-0.1, -0.05) is 0 Å². The van der Waals surface area contributed by atoms with E-state index < -0.39 is 0 Å². The van der Waals surface area contributed by atoms with E-state index in [-0.39, 0.29) is 0 Å². The maximum absolute atomic E-state index is 5.60. The Kier molecular flexibility index (Phi) is 6.51. The van der Waals surface area contributed by atoms with Gasteiger partial charge in [0.25, 0.3) is 0 Å². The maximum atomic E-state index is 5.60. The number of benzene rings is 2. The van der Waals surface area contributed by atoms with E-state index in [0.717, 1.165) is 52.2 Å². The van der Waals surface area contributed by atoms with Crippen LogP contribution in [0, 0.1) is 0 Å². The van der Waals surface area contributed by atoms with Gasteiger partial charge in [-0.15, -0.1) is 0 Å². The lowest BCUT2D eigenvalue weighted by Gasteiger charge is -2.28. The van der Waals surface area contributed by atoms with Crippen LogP contribution in [0.3, 0.4) is 0 Å². The first-order valence-corrected chi connectivity index (χ1v) is 9.84. The number of hydrogen-bond donors (Lipinski definition) is 0. The number of nitrogens with zero attached hydrogens (tertiary/aromatic N) is 2. The van der Waals surface area contributed by atoms with Gasteiger partial charge in [-0.2, -0.15) is 0 Å². The number of aliphatic imine (C=N–C) groups is 1. The molecule has 0 aliphatic carbocycles. The van der Waals surface area contributed by atoms with Gasteiger partial charge in [0.1, 0.15) is 5.75 Å². The third-order valence-corrected chi connectivity index (χ3v) is 5.08. The summed E-state index contributed by atoms with van der Waals surface area (Å²) in [6.07, 6.45) is 1.86. The molecule has 1 heterocycles. The number of rotatable bonds is 5. The molecule has 0 bridgehead atoms. The Hall–Kier alpha value is -1.37. The molecule has 0 N–H and O–H groups in total. The summed E-state index contributed by atoms with van der Waals surface area (Å²) in [4.78, 5) is 6.90. The number of morpholine rings is 1. The highest BCUT2D eigenvalue weighted by Crippen LogP contribution is 2.34. The second-order valence-electron chi connectivity index (χ2n) is 5.62. The zero-order chi connectivity index (χ0) is 17.6. The Morgan fingerprint density at radius 1 is 1.12 bits per heavy atom. The first kappa shape index (κ1) is 18.4. The Labute approximate surface area is 165 Å². The molecule has 1 fully saturated rings. The van der Waals surface area contributed by atoms with Crippen LogP contribution < -0.4 is 9.64 Å². The van der Waals surface area contributed by atoms with Gasteiger partial charge in [0.05, 0.1) is 34.5 Å². The Morgan fingerprint density at radius 2 is 1.76 bits per heavy atom. The van der Waals surface area contributed by atoms with Crippen LogP contribution in [0.1, 0.15) is 12.5 Å². The molecule has 1 aliphatic heterocycles. The second kappa shape index (κ2) is 8.83. The van der Waals surface area contributed by atoms with Gasteiger partial charge in [-0.25, -0.2) is 0 Å². The van der Waals surface area contributed by atoms with Gasteiger partial charge in [-0.3, -0.25) is 4.99 Å². The molecule has 132 valence electrons. The molecule has 2 aromatic carbocycles. The Bertz CT molecular complexity index is 719. The first-order chi connectivity index (χ1) is 12.2. The molecular formula is C19H20Br2N2O2. The van der Waals surface area contributed by atoms with Gasteiger partial charge in [-0.05, 0) is 80.7 Å². The predicted molar refractivity (Wildman–Crippen MR) is 110 cm³/mol. The fourth-order valence-electron chi connectivity index (χ4n) is 2.66. The van der Waals surface area contributed by atoms with Crippen molar-refractivity contribution in [2.24, 2.45) is 4.99 Å². The zero-order valence-corrected chi connectivity index (χ0v) is 17.2. The van der Waals surface area contributed by atoms with Crippen LogP contribution in [0.2, 0.25) is 0 Å². The van der Waals surface area contributed by atoms with Crippen molar-refractivity contribution in [1.29, 1.82) is 0 Å². The molecule has 0 atom stereocenters. The van der Waals surface area contributed by atoms with Crippen molar-refractivity contribution in [3.8, 4) is 5.75 Å². The van der Waals surface area contributed by atoms with Gasteiger partial charge >= 0.3 is 0 Å². The number of anilines is 1. The van der Waals surface area contributed by atoms with Crippen LogP contribution >= 0.6 is 31.9 Å². The minimum absolute atomic E-state index is 0.625. The predicted octanol–water partition coefficient (Wildman–Crippen LogP) is 5.20. The van der Waals surface area contributed by atoms with E-state index in [1.54, 1.807) is 0 Å². The summed E-state index contributed by atoms with van der Waals surface area (Å²) in [5, 5.41) is 0. The summed E-state index contributed by atoms with van der Waals surface area (Å²) in [6.45, 7) is 6.06. The van der Waals surface area contributed by atoms with Crippen molar-refractivity contribution < 1.29 is 9.47 Å². The van der Waals surface area contributed by atoms with E-state index in [1.807, 2.05) is 37.4 Å². The van der Waals surface area contributed by atoms with Crippen LogP contribution in [0.25, 0.3) is 0 Å². The molecule has 1 aliphatic rings. The smallest absolute Gasteiger partial charge is 0.147 e. The maximum Gasteiger partial charge on any atom is 0.147 e. The lowest BCUT2D eigenvalue weighted by Crippen LogP contribution is -2.36. The van der Waals surface area contributed by atoms with Crippen LogP contribution in [-0.2, 0) is 4.74 Å². The molecule has 0 unspecified atom stereocenters. The van der Waals surface area contributed by atoms with E-state index in [4.69, 9.17) is 9.47 Å². The fourth-order valence-corrected chi connectivity index (χ4v) is 4.11. The standard InChI is InChI=1S/C19H20Br2N2O2/c1-2-25-19-17(20)11-14(12-18(19)21)13-22-15-3-5-16(6-4-15)23-7-9-24-10-8-23/h3-6,11-13H,2,7-10H2,1H3. The molecule has 4 nitrogen and oxygen atoms in total. The van der Waals surface area contributed by atoms with E-state index in [1.165, 1.54) is 5.69 Å². The van der Waals surface area contributed by atoms with E-state index in [2.05, 4.69) is 53.9 Å². The Morgan fingerprint density at radius 3 is 2.36 bits per heavy atom. The van der Waals surface area contributed by atoms with Crippen molar-refractivity contribution in [3.05, 3.63) is 50.9 Å². The molecule has 6 heteroatoms. The van der Waals surface area contributed by atoms with Gasteiger partial charge in [0, 0.05) is 25.0 Å². The SMILES string of the molecule is CCOc1c(Br)cc(C=Nc2ccc(N3CCOCC3)cc2)cc1Br. The summed E-state index contributed by atoms with van der Waals surface area (Å²) in [5.74, 6) is 0.814. The van der Waals surface area contributed by atoms with Gasteiger partial charge in [0.15, 0.2) is 0 Å². The number of halogens is 2. The number of ether oxygens (including phenoxy) is 2. The molecule has 0 aromatic heterocycles. The van der Waals surface area contributed by atoms with Crippen molar-refractivity contribution in [3.63, 3.8) is 0 Å². The lowest BCUT2D eigenvalue weighted by atomic mass is 10.2. The highest BCUT2D eigenvalue weighted by Gasteiger charge is 2.10. The largest absolute Gasteiger partial charge is 0.492 e. The topological polar surface area (TPSA) is 34.1 Å². The third-order valence-electron chi connectivity index (χ3n) is 3.90. The summed E-state index contributed by atoms with van der Waals surface area (Å²) in [7, 11) is 0. The van der Waals surface area contributed by atoms with Crippen molar-refractivity contribution in [1.82, 2.24) is 0 Å². The molecule has 3 rings (SSSR count). The van der Waals surface area contributed by atoms with Crippen molar-refractivity contribution in [2.45, 2.75) is 6.92 Å². The average molecular weight is 468 g/mol. The second-order valence-corrected chi connectivity index (χ2v) is 7.33. The first-order valence-electron chi connectivity index (χ1n) is 8.26. The van der Waals surface area contributed by atoms with Crippen LogP contribution in [-0.4, -0.2) is 39.1 Å². The van der Waals surface area contributed by atoms with E-state index in [0.29, 0.717) is 6.61 Å². The quantitative estimate of drug-likeness (QED) is 0.567. The van der Waals surface area contributed by atoms with E-state index >= 15 is 0 Å². The third kappa shape index (κ3) is 4.84. The molecule has 25 heavy (non-hydrogen) atoms. The van der Waals surface area contributed by atoms with Crippen LogP contribution in [0.5, 0.6) is 5.75 Å². The summed E-state index contributed by atoms with van der Waals surface area (Å²) in [5.41, 5.74) is 3.14. The molecular weight excluding hydrogens is 448 g/mol. The van der Waals surface area contributed by atoms with E-state index in [9.17, 15) is 0 Å². The Balaban J connectivity index is 1.71. The summed E-state index contributed by atoms with van der Waals surface area (Å²) in [6, 6.07) is 12.3. The van der Waals surface area contributed by atoms with Crippen LogP contribution in [0.15, 0.2) is 50.3 Å².